The third-order valence-electron chi connectivity index (χ3n) is 4.12. The summed E-state index contributed by atoms with van der Waals surface area (Å²) in [7, 11) is 1.30. The van der Waals surface area contributed by atoms with Crippen LogP contribution in [0.15, 0.2) is 22.7 Å². The van der Waals surface area contributed by atoms with E-state index < -0.39 is 5.97 Å². The van der Waals surface area contributed by atoms with Crippen LogP contribution >= 0.6 is 0 Å². The average Bonchev–Trinajstić information content (AvgIpc) is 3.36. The number of nitrogens with zero attached hydrogens (tertiary/aromatic N) is 2. The molecule has 0 unspecified atom stereocenters. The van der Waals surface area contributed by atoms with E-state index in [1.54, 1.807) is 6.08 Å². The van der Waals surface area contributed by atoms with Crippen molar-refractivity contribution in [2.45, 2.75) is 38.5 Å². The molecule has 0 spiro atoms. The zero-order valence-electron chi connectivity index (χ0n) is 14.5. The van der Waals surface area contributed by atoms with Gasteiger partial charge in [-0.25, -0.2) is 9.78 Å². The number of methoxy groups -OCH3 is 1. The van der Waals surface area contributed by atoms with Crippen molar-refractivity contribution in [2.24, 2.45) is 0 Å². The predicted octanol–water partition coefficient (Wildman–Crippen LogP) is 2.68. The monoisotopic (exact) mass is 343 g/mol. The Hall–Kier alpha value is -2.70. The predicted molar refractivity (Wildman–Crippen MR) is 91.4 cm³/mol. The first-order valence-corrected chi connectivity index (χ1v) is 8.34. The highest BCUT2D eigenvalue weighted by atomic mass is 16.5. The van der Waals surface area contributed by atoms with E-state index in [-0.39, 0.29) is 18.4 Å². The van der Waals surface area contributed by atoms with Crippen LogP contribution in [0.4, 0.5) is 0 Å². The molecule has 1 aliphatic rings. The molecule has 0 aromatic carbocycles. The molecule has 0 atom stereocenters. The van der Waals surface area contributed by atoms with Crippen LogP contribution in [0, 0.1) is 0 Å². The summed E-state index contributed by atoms with van der Waals surface area (Å²) >= 11 is 0. The van der Waals surface area contributed by atoms with Crippen LogP contribution in [0.5, 0.6) is 0 Å². The number of esters is 1. The first-order valence-electron chi connectivity index (χ1n) is 8.34. The van der Waals surface area contributed by atoms with Gasteiger partial charge in [-0.3, -0.25) is 4.79 Å². The maximum Gasteiger partial charge on any atom is 0.330 e. The van der Waals surface area contributed by atoms with Gasteiger partial charge in [0.15, 0.2) is 0 Å². The molecule has 1 N–H and O–H groups in total. The fraction of sp³-hybridized carbons (Fsp3) is 0.444. The highest BCUT2D eigenvalue weighted by Crippen LogP contribution is 2.41. The van der Waals surface area contributed by atoms with Gasteiger partial charge in [0, 0.05) is 24.2 Å². The van der Waals surface area contributed by atoms with Gasteiger partial charge < -0.3 is 14.6 Å². The van der Waals surface area contributed by atoms with Crippen molar-refractivity contribution in [2.75, 3.05) is 13.7 Å². The molecule has 1 saturated carbocycles. The average molecular weight is 343 g/mol. The van der Waals surface area contributed by atoms with Gasteiger partial charge in [-0.2, -0.15) is 0 Å². The van der Waals surface area contributed by atoms with E-state index in [9.17, 15) is 9.59 Å². The van der Waals surface area contributed by atoms with E-state index in [1.165, 1.54) is 13.2 Å². The second-order valence-electron chi connectivity index (χ2n) is 6.41. The Morgan fingerprint density at radius 3 is 2.84 bits per heavy atom. The summed E-state index contributed by atoms with van der Waals surface area (Å²) in [6.07, 6.45) is 4.97. The minimum Gasteiger partial charge on any atom is -0.466 e. The minimum atomic E-state index is -0.460. The number of nitrogens with one attached hydrogen (secondary N) is 1. The van der Waals surface area contributed by atoms with E-state index in [4.69, 9.17) is 4.52 Å². The van der Waals surface area contributed by atoms with Crippen molar-refractivity contribution < 1.29 is 18.8 Å². The number of fused-ring (bicyclic) bond motifs is 1. The number of pyridine rings is 1. The lowest BCUT2D eigenvalue weighted by molar-refractivity contribution is -0.134. The lowest BCUT2D eigenvalue weighted by Gasteiger charge is -2.08. The van der Waals surface area contributed by atoms with Gasteiger partial charge in [-0.05, 0) is 24.8 Å². The number of hydrogen-bond donors (Lipinski definition) is 1. The van der Waals surface area contributed by atoms with Crippen molar-refractivity contribution >= 4 is 23.0 Å². The van der Waals surface area contributed by atoms with Gasteiger partial charge >= 0.3 is 5.97 Å². The fourth-order valence-electron chi connectivity index (χ4n) is 2.62. The molecule has 0 saturated heterocycles. The van der Waals surface area contributed by atoms with E-state index >= 15 is 0 Å². The Morgan fingerprint density at radius 2 is 2.20 bits per heavy atom. The molecule has 0 bridgehead atoms. The smallest absolute Gasteiger partial charge is 0.330 e. The zero-order chi connectivity index (χ0) is 18.0. The van der Waals surface area contributed by atoms with Crippen molar-refractivity contribution in [1.29, 1.82) is 0 Å². The largest absolute Gasteiger partial charge is 0.466 e. The molecule has 2 aromatic rings. The Kier molecular flexibility index (Phi) is 4.83. The van der Waals surface area contributed by atoms with Gasteiger partial charge in [-0.15, -0.1) is 0 Å². The van der Waals surface area contributed by atoms with Gasteiger partial charge in [0.25, 0.3) is 11.6 Å². The molecule has 0 aliphatic heterocycles. The quantitative estimate of drug-likeness (QED) is 0.640. The normalized spacial score (nSPS) is 14.4. The number of carbonyl (C=O) groups is 2. The van der Waals surface area contributed by atoms with Gasteiger partial charge in [0.1, 0.15) is 0 Å². The highest BCUT2D eigenvalue weighted by Gasteiger charge is 2.29. The molecule has 0 radical (unpaired) electrons. The molecule has 1 aliphatic carbocycles. The Labute approximate surface area is 145 Å². The lowest BCUT2D eigenvalue weighted by Crippen LogP contribution is -2.24. The molecule has 7 nitrogen and oxygen atoms in total. The lowest BCUT2D eigenvalue weighted by atomic mass is 10.0. The van der Waals surface area contributed by atoms with Crippen LogP contribution in [0.1, 0.15) is 60.3 Å². The molecule has 2 aromatic heterocycles. The first kappa shape index (κ1) is 17.1. The summed E-state index contributed by atoms with van der Waals surface area (Å²) < 4.78 is 9.89. The highest BCUT2D eigenvalue weighted by molar-refractivity contribution is 6.06. The summed E-state index contributed by atoms with van der Waals surface area (Å²) in [5.41, 5.74) is 2.51. The third-order valence-corrected chi connectivity index (χ3v) is 4.12. The van der Waals surface area contributed by atoms with Gasteiger partial charge in [-0.1, -0.05) is 25.1 Å². The molecule has 2 heterocycles. The van der Waals surface area contributed by atoms with Gasteiger partial charge in [0.2, 0.25) is 0 Å². The summed E-state index contributed by atoms with van der Waals surface area (Å²) in [6, 6.07) is 1.84. The molecule has 7 heteroatoms. The molecule has 3 rings (SSSR count). The van der Waals surface area contributed by atoms with Crippen molar-refractivity contribution in [1.82, 2.24) is 15.5 Å². The minimum absolute atomic E-state index is 0.112. The van der Waals surface area contributed by atoms with E-state index in [1.807, 2.05) is 19.9 Å². The second-order valence-corrected chi connectivity index (χ2v) is 6.41. The molecule has 1 amide bonds. The molecular formula is C18H21N3O4. The number of amides is 1. The zero-order valence-corrected chi connectivity index (χ0v) is 14.5. The van der Waals surface area contributed by atoms with E-state index in [0.29, 0.717) is 22.6 Å². The van der Waals surface area contributed by atoms with Crippen molar-refractivity contribution in [3.8, 4) is 0 Å². The van der Waals surface area contributed by atoms with Crippen molar-refractivity contribution in [3.05, 3.63) is 35.2 Å². The van der Waals surface area contributed by atoms with Crippen LogP contribution in [0.2, 0.25) is 0 Å². The Morgan fingerprint density at radius 1 is 1.44 bits per heavy atom. The number of rotatable bonds is 6. The molecule has 25 heavy (non-hydrogen) atoms. The fourth-order valence-corrected chi connectivity index (χ4v) is 2.62. The maximum atomic E-state index is 12.7. The van der Waals surface area contributed by atoms with Crippen LogP contribution in [0.3, 0.4) is 0 Å². The third kappa shape index (κ3) is 3.70. The van der Waals surface area contributed by atoms with Gasteiger partial charge in [0.05, 0.1) is 23.8 Å². The van der Waals surface area contributed by atoms with Crippen LogP contribution < -0.4 is 5.32 Å². The number of hydrogen-bond acceptors (Lipinski definition) is 6. The summed E-state index contributed by atoms with van der Waals surface area (Å²) in [5, 5.41) is 7.54. The number of aromatic nitrogens is 2. The van der Waals surface area contributed by atoms with E-state index in [0.717, 1.165) is 24.2 Å². The Balaban J connectivity index is 1.89. The SMILES string of the molecule is COC(=O)/C=C/CNC(=O)c1cc(C2CC2)nc2onc(C(C)C)c12. The molecule has 1 fully saturated rings. The van der Waals surface area contributed by atoms with Crippen LogP contribution in [0.25, 0.3) is 11.1 Å². The summed E-state index contributed by atoms with van der Waals surface area (Å²) in [4.78, 5) is 28.3. The second kappa shape index (κ2) is 7.04. The van der Waals surface area contributed by atoms with Crippen LogP contribution in [-0.2, 0) is 9.53 Å². The number of ether oxygens (including phenoxy) is 1. The summed E-state index contributed by atoms with van der Waals surface area (Å²) in [6.45, 7) is 4.21. The standard InChI is InChI=1S/C18H21N3O4/c1-10(2)16-15-12(17(23)19-8-4-5-14(22)24-3)9-13(11-6-7-11)20-18(15)25-21-16/h4-5,9-11H,6-8H2,1-3H3,(H,19,23)/b5-4+. The maximum absolute atomic E-state index is 12.7. The first-order chi connectivity index (χ1) is 12.0. The molecule has 132 valence electrons. The Bertz CT molecular complexity index is 834. The van der Waals surface area contributed by atoms with E-state index in [2.05, 4.69) is 20.2 Å². The topological polar surface area (TPSA) is 94.3 Å². The molecular weight excluding hydrogens is 322 g/mol. The number of carbonyl (C=O) groups excluding carboxylic acids is 2. The summed E-state index contributed by atoms with van der Waals surface area (Å²) in [5.74, 6) is -0.199. The van der Waals surface area contributed by atoms with Crippen molar-refractivity contribution in [3.63, 3.8) is 0 Å². The van der Waals surface area contributed by atoms with Crippen LogP contribution in [-0.4, -0.2) is 35.7 Å².